The monoisotopic (exact) mass is 322 g/mol. The molecule has 3 aromatic carbocycles. The lowest BCUT2D eigenvalue weighted by molar-refractivity contribution is 0.0734. The standard InChI is InChI=1S/C19H14O3S/c20-19(15-7-3-1-4-8-15)22-16-11-13-18(14-12-16)23(21)17-9-5-2-6-10-17/h1-14H. The number of carbonyl (C=O) groups excluding carboxylic acids is 1. The fraction of sp³-hybridized carbons (Fsp3) is 0. The van der Waals surface area contributed by atoms with E-state index in [0.29, 0.717) is 16.2 Å². The molecule has 0 amide bonds. The third kappa shape index (κ3) is 3.73. The highest BCUT2D eigenvalue weighted by molar-refractivity contribution is 7.85. The van der Waals surface area contributed by atoms with Crippen molar-refractivity contribution >= 4 is 16.8 Å². The van der Waals surface area contributed by atoms with Gasteiger partial charge in [-0.25, -0.2) is 9.00 Å². The third-order valence-electron chi connectivity index (χ3n) is 3.22. The van der Waals surface area contributed by atoms with Crippen LogP contribution in [0.1, 0.15) is 10.4 Å². The molecule has 0 aliphatic rings. The van der Waals surface area contributed by atoms with Crippen LogP contribution in [-0.2, 0) is 10.8 Å². The van der Waals surface area contributed by atoms with Crippen molar-refractivity contribution in [1.29, 1.82) is 0 Å². The Morgan fingerprint density at radius 1 is 0.696 bits per heavy atom. The molecular formula is C19H14O3S. The first-order valence-electron chi connectivity index (χ1n) is 7.08. The molecule has 0 aliphatic heterocycles. The Labute approximate surface area is 137 Å². The van der Waals surface area contributed by atoms with E-state index in [1.165, 1.54) is 0 Å². The molecule has 3 rings (SSSR count). The minimum atomic E-state index is -1.24. The average Bonchev–Trinajstić information content (AvgIpc) is 2.63. The van der Waals surface area contributed by atoms with Crippen molar-refractivity contribution in [3.63, 3.8) is 0 Å². The highest BCUT2D eigenvalue weighted by Gasteiger charge is 2.10. The normalized spacial score (nSPS) is 11.7. The van der Waals surface area contributed by atoms with Crippen LogP contribution in [0, 0.1) is 0 Å². The van der Waals surface area contributed by atoms with Gasteiger partial charge < -0.3 is 4.74 Å². The van der Waals surface area contributed by atoms with Crippen molar-refractivity contribution in [3.8, 4) is 5.75 Å². The molecule has 1 unspecified atom stereocenters. The molecular weight excluding hydrogens is 308 g/mol. The van der Waals surface area contributed by atoms with Gasteiger partial charge >= 0.3 is 5.97 Å². The highest BCUT2D eigenvalue weighted by atomic mass is 32.2. The first-order chi connectivity index (χ1) is 11.2. The summed E-state index contributed by atoms with van der Waals surface area (Å²) in [7, 11) is -1.24. The summed E-state index contributed by atoms with van der Waals surface area (Å²) in [5.41, 5.74) is 0.490. The summed E-state index contributed by atoms with van der Waals surface area (Å²) in [6, 6.07) is 24.7. The molecule has 3 aromatic rings. The molecule has 0 radical (unpaired) electrons. The maximum absolute atomic E-state index is 12.4. The molecule has 0 heterocycles. The number of benzene rings is 3. The summed E-state index contributed by atoms with van der Waals surface area (Å²) in [6.45, 7) is 0. The first-order valence-corrected chi connectivity index (χ1v) is 8.23. The molecule has 23 heavy (non-hydrogen) atoms. The van der Waals surface area contributed by atoms with Crippen molar-refractivity contribution in [2.24, 2.45) is 0 Å². The number of hydrogen-bond acceptors (Lipinski definition) is 3. The Morgan fingerprint density at radius 2 is 1.22 bits per heavy atom. The molecule has 0 spiro atoms. The lowest BCUT2D eigenvalue weighted by Gasteiger charge is -2.06. The Kier molecular flexibility index (Phi) is 4.64. The Balaban J connectivity index is 1.73. The zero-order valence-corrected chi connectivity index (χ0v) is 13.0. The van der Waals surface area contributed by atoms with Crippen LogP contribution in [0.3, 0.4) is 0 Å². The first kappa shape index (κ1) is 15.2. The largest absolute Gasteiger partial charge is 0.423 e. The molecule has 0 N–H and O–H groups in total. The average molecular weight is 322 g/mol. The molecule has 0 saturated heterocycles. The van der Waals surface area contributed by atoms with Crippen molar-refractivity contribution in [2.75, 3.05) is 0 Å². The van der Waals surface area contributed by atoms with E-state index in [1.54, 1.807) is 48.5 Å². The second-order valence-electron chi connectivity index (χ2n) is 4.81. The van der Waals surface area contributed by atoms with Gasteiger partial charge in [-0.1, -0.05) is 36.4 Å². The van der Waals surface area contributed by atoms with Crippen LogP contribution in [0.4, 0.5) is 0 Å². The van der Waals surface area contributed by atoms with Crippen molar-refractivity contribution < 1.29 is 13.7 Å². The molecule has 0 aliphatic carbocycles. The lowest BCUT2D eigenvalue weighted by atomic mass is 10.2. The molecule has 1 atom stereocenters. The van der Waals surface area contributed by atoms with Crippen LogP contribution >= 0.6 is 0 Å². The topological polar surface area (TPSA) is 43.4 Å². The summed E-state index contributed by atoms with van der Waals surface area (Å²) in [6.07, 6.45) is 0. The number of rotatable bonds is 4. The van der Waals surface area contributed by atoms with Crippen molar-refractivity contribution in [1.82, 2.24) is 0 Å². The Hall–Kier alpha value is -2.72. The molecule has 4 heteroatoms. The minimum Gasteiger partial charge on any atom is -0.423 e. The molecule has 0 bridgehead atoms. The van der Waals surface area contributed by atoms with E-state index in [1.807, 2.05) is 36.4 Å². The second kappa shape index (κ2) is 7.03. The zero-order valence-electron chi connectivity index (χ0n) is 12.2. The van der Waals surface area contributed by atoms with Gasteiger partial charge in [-0.05, 0) is 48.5 Å². The Morgan fingerprint density at radius 3 is 1.83 bits per heavy atom. The van der Waals surface area contributed by atoms with Crippen molar-refractivity contribution in [2.45, 2.75) is 9.79 Å². The van der Waals surface area contributed by atoms with Gasteiger partial charge in [0, 0.05) is 9.79 Å². The summed E-state index contributed by atoms with van der Waals surface area (Å²) in [5, 5.41) is 0. The summed E-state index contributed by atoms with van der Waals surface area (Å²) >= 11 is 0. The number of hydrogen-bond donors (Lipinski definition) is 0. The minimum absolute atomic E-state index is 0.414. The van der Waals surface area contributed by atoms with Crippen LogP contribution in [0.2, 0.25) is 0 Å². The van der Waals surface area contributed by atoms with Crippen LogP contribution in [0.25, 0.3) is 0 Å². The summed E-state index contributed by atoms with van der Waals surface area (Å²) < 4.78 is 17.7. The molecule has 0 aromatic heterocycles. The highest BCUT2D eigenvalue weighted by Crippen LogP contribution is 2.20. The van der Waals surface area contributed by atoms with Gasteiger partial charge in [0.1, 0.15) is 5.75 Å². The number of carbonyl (C=O) groups is 1. The summed E-state index contributed by atoms with van der Waals surface area (Å²) in [5.74, 6) is 0.00944. The van der Waals surface area contributed by atoms with Gasteiger partial charge in [0.15, 0.2) is 0 Å². The van der Waals surface area contributed by atoms with E-state index in [2.05, 4.69) is 0 Å². The van der Waals surface area contributed by atoms with E-state index in [4.69, 9.17) is 4.74 Å². The van der Waals surface area contributed by atoms with Gasteiger partial charge in [0.05, 0.1) is 16.4 Å². The SMILES string of the molecule is O=C(Oc1ccc(S(=O)c2ccccc2)cc1)c1ccccc1. The molecule has 0 saturated carbocycles. The maximum Gasteiger partial charge on any atom is 0.343 e. The van der Waals surface area contributed by atoms with E-state index in [0.717, 1.165) is 4.90 Å². The molecule has 114 valence electrons. The lowest BCUT2D eigenvalue weighted by Crippen LogP contribution is -2.08. The third-order valence-corrected chi connectivity index (χ3v) is 4.62. The number of esters is 1. The predicted octanol–water partition coefficient (Wildman–Crippen LogP) is 4.07. The Bertz CT molecular complexity index is 812. The van der Waals surface area contributed by atoms with Gasteiger partial charge in [-0.15, -0.1) is 0 Å². The van der Waals surface area contributed by atoms with Crippen LogP contribution < -0.4 is 4.74 Å². The summed E-state index contributed by atoms with van der Waals surface area (Å²) in [4.78, 5) is 13.4. The molecule has 3 nitrogen and oxygen atoms in total. The fourth-order valence-electron chi connectivity index (χ4n) is 2.05. The van der Waals surface area contributed by atoms with Gasteiger partial charge in [-0.3, -0.25) is 0 Å². The zero-order chi connectivity index (χ0) is 16.1. The van der Waals surface area contributed by atoms with Crippen LogP contribution in [0.5, 0.6) is 5.75 Å². The van der Waals surface area contributed by atoms with Crippen LogP contribution in [-0.4, -0.2) is 10.2 Å². The van der Waals surface area contributed by atoms with E-state index in [9.17, 15) is 9.00 Å². The van der Waals surface area contributed by atoms with E-state index >= 15 is 0 Å². The van der Waals surface area contributed by atoms with Crippen molar-refractivity contribution in [3.05, 3.63) is 90.5 Å². The van der Waals surface area contributed by atoms with Gasteiger partial charge in [-0.2, -0.15) is 0 Å². The van der Waals surface area contributed by atoms with E-state index in [-0.39, 0.29) is 0 Å². The molecule has 0 fully saturated rings. The fourth-order valence-corrected chi connectivity index (χ4v) is 3.11. The van der Waals surface area contributed by atoms with Gasteiger partial charge in [0.25, 0.3) is 0 Å². The van der Waals surface area contributed by atoms with Gasteiger partial charge in [0.2, 0.25) is 0 Å². The van der Waals surface area contributed by atoms with Crippen LogP contribution in [0.15, 0.2) is 94.7 Å². The maximum atomic E-state index is 12.4. The van der Waals surface area contributed by atoms with E-state index < -0.39 is 16.8 Å². The quantitative estimate of drug-likeness (QED) is 0.537. The predicted molar refractivity (Wildman–Crippen MR) is 89.0 cm³/mol. The second-order valence-corrected chi connectivity index (χ2v) is 6.29. The number of ether oxygens (including phenoxy) is 1. The smallest absolute Gasteiger partial charge is 0.343 e.